The topological polar surface area (TPSA) is 35.6 Å². The average molecular weight is 385 g/mol. The van der Waals surface area contributed by atoms with Crippen molar-refractivity contribution in [2.45, 2.75) is 6.18 Å². The highest BCUT2D eigenvalue weighted by atomic mass is 19.4. The van der Waals surface area contributed by atoms with Gasteiger partial charge < -0.3 is 15.1 Å². The number of nitrogens with zero attached hydrogens (tertiary/aromatic N) is 2. The molecule has 1 N–H and O–H groups in total. The van der Waals surface area contributed by atoms with E-state index < -0.39 is 29.4 Å². The number of urea groups is 1. The van der Waals surface area contributed by atoms with Gasteiger partial charge in [-0.2, -0.15) is 13.2 Å². The van der Waals surface area contributed by atoms with Crippen LogP contribution in [0.25, 0.3) is 0 Å². The van der Waals surface area contributed by atoms with E-state index >= 15 is 0 Å². The van der Waals surface area contributed by atoms with Gasteiger partial charge in [0, 0.05) is 37.9 Å². The number of nitrogens with one attached hydrogen (secondary N) is 1. The largest absolute Gasteiger partial charge is 0.418 e. The molecule has 0 aromatic heterocycles. The molecule has 2 aromatic carbocycles. The maximum atomic E-state index is 13.6. The maximum absolute atomic E-state index is 13.6. The fourth-order valence-electron chi connectivity index (χ4n) is 2.92. The molecule has 27 heavy (non-hydrogen) atoms. The predicted molar refractivity (Wildman–Crippen MR) is 90.6 cm³/mol. The highest BCUT2D eigenvalue weighted by molar-refractivity contribution is 5.89. The van der Waals surface area contributed by atoms with E-state index in [9.17, 15) is 26.7 Å². The number of rotatable bonds is 2. The van der Waals surface area contributed by atoms with Crippen LogP contribution in [0.4, 0.5) is 38.1 Å². The minimum atomic E-state index is -4.47. The Morgan fingerprint density at radius 1 is 0.963 bits per heavy atom. The van der Waals surface area contributed by atoms with Gasteiger partial charge in [-0.1, -0.05) is 12.1 Å². The third kappa shape index (κ3) is 4.29. The maximum Gasteiger partial charge on any atom is 0.418 e. The minimum absolute atomic E-state index is 0.0645. The Labute approximate surface area is 152 Å². The predicted octanol–water partition coefficient (Wildman–Crippen LogP) is 4.34. The standard InChI is InChI=1S/C18H16F5N3O/c19-12-5-6-15(14(20)11-12)24-17(27)26-9-7-25(8-10-26)16-4-2-1-3-13(16)18(21,22)23/h1-6,11H,7-10H2,(H,24,27). The van der Waals surface area contributed by atoms with Gasteiger partial charge >= 0.3 is 12.2 Å². The number of anilines is 2. The fraction of sp³-hybridized carbons (Fsp3) is 0.278. The summed E-state index contributed by atoms with van der Waals surface area (Å²) in [6.07, 6.45) is -4.47. The lowest BCUT2D eigenvalue weighted by Crippen LogP contribution is -2.50. The number of amides is 2. The van der Waals surface area contributed by atoms with Crippen LogP contribution < -0.4 is 10.2 Å². The number of hydrogen-bond acceptors (Lipinski definition) is 2. The van der Waals surface area contributed by atoms with E-state index in [-0.39, 0.29) is 37.6 Å². The van der Waals surface area contributed by atoms with Gasteiger partial charge in [0.1, 0.15) is 11.6 Å². The summed E-state index contributed by atoms with van der Waals surface area (Å²) in [7, 11) is 0. The van der Waals surface area contributed by atoms with E-state index in [0.29, 0.717) is 6.07 Å². The zero-order chi connectivity index (χ0) is 19.6. The van der Waals surface area contributed by atoms with Crippen molar-refractivity contribution in [1.82, 2.24) is 4.90 Å². The van der Waals surface area contributed by atoms with Gasteiger partial charge in [-0.05, 0) is 24.3 Å². The number of piperazine rings is 1. The molecule has 2 amide bonds. The van der Waals surface area contributed by atoms with Crippen molar-refractivity contribution in [2.75, 3.05) is 36.4 Å². The number of halogens is 5. The molecule has 144 valence electrons. The number of alkyl halides is 3. The smallest absolute Gasteiger partial charge is 0.367 e. The normalized spacial score (nSPS) is 15.0. The zero-order valence-corrected chi connectivity index (χ0v) is 14.1. The van der Waals surface area contributed by atoms with E-state index in [1.54, 1.807) is 4.90 Å². The Bertz CT molecular complexity index is 832. The van der Waals surface area contributed by atoms with Gasteiger partial charge in [0.05, 0.1) is 11.3 Å². The van der Waals surface area contributed by atoms with Gasteiger partial charge in [-0.25, -0.2) is 13.6 Å². The molecule has 0 unspecified atom stereocenters. The van der Waals surface area contributed by atoms with Crippen LogP contribution in [0.3, 0.4) is 0 Å². The SMILES string of the molecule is O=C(Nc1ccc(F)cc1F)N1CCN(c2ccccc2C(F)(F)F)CC1. The average Bonchev–Trinajstić information content (AvgIpc) is 2.63. The molecule has 0 aliphatic carbocycles. The third-order valence-corrected chi connectivity index (χ3v) is 4.29. The Hall–Kier alpha value is -2.84. The fourth-order valence-corrected chi connectivity index (χ4v) is 2.92. The van der Waals surface area contributed by atoms with Gasteiger partial charge in [0.2, 0.25) is 0 Å². The summed E-state index contributed by atoms with van der Waals surface area (Å²) in [6.45, 7) is 0.737. The molecule has 0 saturated carbocycles. The first-order chi connectivity index (χ1) is 12.8. The molecule has 0 bridgehead atoms. The first kappa shape index (κ1) is 18.9. The summed E-state index contributed by atoms with van der Waals surface area (Å²) in [5, 5.41) is 2.34. The lowest BCUT2D eigenvalue weighted by atomic mass is 10.1. The molecule has 1 saturated heterocycles. The lowest BCUT2D eigenvalue weighted by molar-refractivity contribution is -0.137. The molecule has 9 heteroatoms. The first-order valence-electron chi connectivity index (χ1n) is 8.18. The molecule has 3 rings (SSSR count). The molecule has 1 fully saturated rings. The number of hydrogen-bond donors (Lipinski definition) is 1. The van der Waals surface area contributed by atoms with Crippen LogP contribution in [-0.2, 0) is 6.18 Å². The van der Waals surface area contributed by atoms with Crippen molar-refractivity contribution in [1.29, 1.82) is 0 Å². The second-order valence-electron chi connectivity index (χ2n) is 6.04. The molecule has 1 aliphatic heterocycles. The lowest BCUT2D eigenvalue weighted by Gasteiger charge is -2.37. The quantitative estimate of drug-likeness (QED) is 0.781. The van der Waals surface area contributed by atoms with Crippen LogP contribution in [0.15, 0.2) is 42.5 Å². The molecule has 4 nitrogen and oxygen atoms in total. The van der Waals surface area contributed by atoms with Crippen LogP contribution >= 0.6 is 0 Å². The van der Waals surface area contributed by atoms with E-state index in [2.05, 4.69) is 5.32 Å². The third-order valence-electron chi connectivity index (χ3n) is 4.29. The Morgan fingerprint density at radius 3 is 2.26 bits per heavy atom. The Kier molecular flexibility index (Phi) is 5.20. The first-order valence-corrected chi connectivity index (χ1v) is 8.18. The summed E-state index contributed by atoms with van der Waals surface area (Å²) in [5.74, 6) is -1.66. The Morgan fingerprint density at radius 2 is 1.63 bits per heavy atom. The molecule has 0 atom stereocenters. The van der Waals surface area contributed by atoms with Gasteiger partial charge in [0.25, 0.3) is 0 Å². The monoisotopic (exact) mass is 385 g/mol. The molecule has 1 heterocycles. The summed E-state index contributed by atoms with van der Waals surface area (Å²) < 4.78 is 66.0. The summed E-state index contributed by atoms with van der Waals surface area (Å²) in [5.41, 5.74) is -0.822. The summed E-state index contributed by atoms with van der Waals surface area (Å²) in [6, 6.07) is 7.46. The van der Waals surface area contributed by atoms with E-state index in [1.165, 1.54) is 23.1 Å². The second-order valence-corrected chi connectivity index (χ2v) is 6.04. The number of benzene rings is 2. The van der Waals surface area contributed by atoms with E-state index in [4.69, 9.17) is 0 Å². The summed E-state index contributed by atoms with van der Waals surface area (Å²) in [4.78, 5) is 15.2. The molecule has 2 aromatic rings. The number of carbonyl (C=O) groups is 1. The summed E-state index contributed by atoms with van der Waals surface area (Å²) >= 11 is 0. The molecular formula is C18H16F5N3O. The van der Waals surface area contributed by atoms with E-state index in [0.717, 1.165) is 18.2 Å². The van der Waals surface area contributed by atoms with Crippen LogP contribution in [0.1, 0.15) is 5.56 Å². The van der Waals surface area contributed by atoms with Crippen LogP contribution in [0, 0.1) is 11.6 Å². The number of para-hydroxylation sites is 1. The van der Waals surface area contributed by atoms with Gasteiger partial charge in [-0.15, -0.1) is 0 Å². The van der Waals surface area contributed by atoms with Gasteiger partial charge in [-0.3, -0.25) is 0 Å². The Balaban J connectivity index is 1.65. The van der Waals surface area contributed by atoms with Crippen molar-refractivity contribution in [3.8, 4) is 0 Å². The molecule has 0 spiro atoms. The minimum Gasteiger partial charge on any atom is -0.367 e. The van der Waals surface area contributed by atoms with Gasteiger partial charge in [0.15, 0.2) is 0 Å². The van der Waals surface area contributed by atoms with Crippen molar-refractivity contribution < 1.29 is 26.7 Å². The van der Waals surface area contributed by atoms with Crippen molar-refractivity contribution in [2.24, 2.45) is 0 Å². The highest BCUT2D eigenvalue weighted by Gasteiger charge is 2.35. The van der Waals surface area contributed by atoms with Crippen LogP contribution in [0.5, 0.6) is 0 Å². The number of carbonyl (C=O) groups excluding carboxylic acids is 1. The molecular weight excluding hydrogens is 369 g/mol. The van der Waals surface area contributed by atoms with Crippen LogP contribution in [-0.4, -0.2) is 37.1 Å². The second kappa shape index (κ2) is 7.42. The molecule has 0 radical (unpaired) electrons. The van der Waals surface area contributed by atoms with E-state index in [1.807, 2.05) is 0 Å². The van der Waals surface area contributed by atoms with Crippen LogP contribution in [0.2, 0.25) is 0 Å². The van der Waals surface area contributed by atoms with Crippen molar-refractivity contribution in [3.05, 3.63) is 59.7 Å². The zero-order valence-electron chi connectivity index (χ0n) is 14.1. The van der Waals surface area contributed by atoms with Crippen molar-refractivity contribution >= 4 is 17.4 Å². The molecule has 1 aliphatic rings. The van der Waals surface area contributed by atoms with Crippen molar-refractivity contribution in [3.63, 3.8) is 0 Å². The highest BCUT2D eigenvalue weighted by Crippen LogP contribution is 2.36.